The Bertz CT molecular complexity index is 798. The van der Waals surface area contributed by atoms with Crippen molar-refractivity contribution in [3.63, 3.8) is 0 Å². The lowest BCUT2D eigenvalue weighted by Crippen LogP contribution is -2.32. The van der Waals surface area contributed by atoms with E-state index in [-0.39, 0.29) is 16.7 Å². The largest absolute Gasteiger partial charge is 0.383 e. The molecule has 0 unspecified atom stereocenters. The van der Waals surface area contributed by atoms with E-state index >= 15 is 0 Å². The SMILES string of the molecule is CCNC(=O)[C@@H](C)Sc1nc2sc(C)c(C)c2c(=O)n1CCOC. The van der Waals surface area contributed by atoms with Gasteiger partial charge < -0.3 is 10.1 Å². The van der Waals surface area contributed by atoms with Crippen molar-refractivity contribution in [2.24, 2.45) is 0 Å². The van der Waals surface area contributed by atoms with Crippen LogP contribution in [0, 0.1) is 13.8 Å². The minimum atomic E-state index is -0.328. The number of rotatable bonds is 7. The van der Waals surface area contributed by atoms with Gasteiger partial charge in [-0.15, -0.1) is 11.3 Å². The fourth-order valence-electron chi connectivity index (χ4n) is 2.31. The molecule has 0 aliphatic carbocycles. The highest BCUT2D eigenvalue weighted by Gasteiger charge is 2.21. The number of ether oxygens (including phenoxy) is 1. The molecular weight excluding hydrogens is 346 g/mol. The molecule has 0 radical (unpaired) electrons. The minimum Gasteiger partial charge on any atom is -0.383 e. The zero-order chi connectivity index (χ0) is 17.9. The maximum absolute atomic E-state index is 12.9. The van der Waals surface area contributed by atoms with Gasteiger partial charge in [0, 0.05) is 18.5 Å². The van der Waals surface area contributed by atoms with Gasteiger partial charge in [-0.2, -0.15) is 0 Å². The van der Waals surface area contributed by atoms with Crippen LogP contribution in [-0.2, 0) is 16.1 Å². The monoisotopic (exact) mass is 369 g/mol. The van der Waals surface area contributed by atoms with Crippen LogP contribution in [0.25, 0.3) is 10.2 Å². The summed E-state index contributed by atoms with van der Waals surface area (Å²) in [7, 11) is 1.60. The molecule has 24 heavy (non-hydrogen) atoms. The number of nitrogens with one attached hydrogen (secondary N) is 1. The predicted octanol–water partition coefficient (Wildman–Crippen LogP) is 2.34. The van der Waals surface area contributed by atoms with Crippen molar-refractivity contribution in [2.75, 3.05) is 20.3 Å². The summed E-state index contributed by atoms with van der Waals surface area (Å²) in [6.07, 6.45) is 0. The molecule has 0 saturated heterocycles. The second-order valence-corrected chi connectivity index (χ2v) is 7.97. The Balaban J connectivity index is 2.50. The Kier molecular flexibility index (Phi) is 6.42. The fraction of sp³-hybridized carbons (Fsp3) is 0.562. The number of carbonyl (C=O) groups excluding carboxylic acids is 1. The van der Waals surface area contributed by atoms with Crippen molar-refractivity contribution in [1.82, 2.24) is 14.9 Å². The van der Waals surface area contributed by atoms with Crippen molar-refractivity contribution in [3.05, 3.63) is 20.8 Å². The molecular formula is C16H23N3O3S2. The summed E-state index contributed by atoms with van der Waals surface area (Å²) in [4.78, 5) is 31.4. The molecule has 0 aliphatic heterocycles. The van der Waals surface area contributed by atoms with Crippen molar-refractivity contribution < 1.29 is 9.53 Å². The van der Waals surface area contributed by atoms with Crippen LogP contribution in [0.15, 0.2) is 9.95 Å². The third-order valence-corrected chi connectivity index (χ3v) is 5.97. The first kappa shape index (κ1) is 19.0. The number of fused-ring (bicyclic) bond motifs is 1. The molecule has 0 saturated carbocycles. The Hall–Kier alpha value is -1.38. The summed E-state index contributed by atoms with van der Waals surface area (Å²) in [5, 5.41) is 3.70. The summed E-state index contributed by atoms with van der Waals surface area (Å²) in [6, 6.07) is 0. The molecule has 132 valence electrons. The molecule has 0 aliphatic rings. The molecule has 0 aromatic carbocycles. The third-order valence-electron chi connectivity index (χ3n) is 3.78. The van der Waals surface area contributed by atoms with Crippen LogP contribution >= 0.6 is 23.1 Å². The molecule has 2 aromatic rings. The standard InChI is InChI=1S/C16H23N3O3S2/c1-6-17-13(20)11(4)24-16-18-14-12(9(2)10(3)23-14)15(21)19(16)7-8-22-5/h11H,6-8H2,1-5H3,(H,17,20)/t11-/m1/s1. The second-order valence-electron chi connectivity index (χ2n) is 5.46. The quantitative estimate of drug-likeness (QED) is 0.599. The number of hydrogen-bond donors (Lipinski definition) is 1. The number of aromatic nitrogens is 2. The number of methoxy groups -OCH3 is 1. The molecule has 2 heterocycles. The van der Waals surface area contributed by atoms with Crippen LogP contribution in [0.5, 0.6) is 0 Å². The minimum absolute atomic E-state index is 0.0614. The summed E-state index contributed by atoms with van der Waals surface area (Å²) < 4.78 is 6.74. The van der Waals surface area contributed by atoms with Gasteiger partial charge in [-0.05, 0) is 33.3 Å². The Labute approximate surface area is 149 Å². The highest BCUT2D eigenvalue weighted by molar-refractivity contribution is 8.00. The lowest BCUT2D eigenvalue weighted by Gasteiger charge is -2.15. The van der Waals surface area contributed by atoms with Gasteiger partial charge in [0.2, 0.25) is 5.91 Å². The van der Waals surface area contributed by atoms with E-state index in [0.29, 0.717) is 30.2 Å². The first-order valence-corrected chi connectivity index (χ1v) is 9.54. The van der Waals surface area contributed by atoms with Gasteiger partial charge in [0.25, 0.3) is 5.56 Å². The average Bonchev–Trinajstić information content (AvgIpc) is 2.82. The second kappa shape index (κ2) is 8.13. The van der Waals surface area contributed by atoms with E-state index in [9.17, 15) is 9.59 Å². The number of amides is 1. The van der Waals surface area contributed by atoms with Gasteiger partial charge in [0.05, 0.1) is 23.8 Å². The van der Waals surface area contributed by atoms with Crippen LogP contribution < -0.4 is 10.9 Å². The highest BCUT2D eigenvalue weighted by Crippen LogP contribution is 2.29. The molecule has 6 nitrogen and oxygen atoms in total. The molecule has 2 rings (SSSR count). The number of carbonyl (C=O) groups is 1. The number of thioether (sulfide) groups is 1. The lowest BCUT2D eigenvalue weighted by atomic mass is 10.2. The van der Waals surface area contributed by atoms with Crippen molar-refractivity contribution in [2.45, 2.75) is 44.6 Å². The molecule has 0 bridgehead atoms. The number of nitrogens with zero attached hydrogens (tertiary/aromatic N) is 2. The number of aryl methyl sites for hydroxylation is 2. The van der Waals surface area contributed by atoms with Gasteiger partial charge in [-0.3, -0.25) is 14.2 Å². The van der Waals surface area contributed by atoms with Gasteiger partial charge >= 0.3 is 0 Å². The number of hydrogen-bond acceptors (Lipinski definition) is 6. The van der Waals surface area contributed by atoms with E-state index in [0.717, 1.165) is 15.3 Å². The summed E-state index contributed by atoms with van der Waals surface area (Å²) >= 11 is 2.82. The predicted molar refractivity (Wildman–Crippen MR) is 99.2 cm³/mol. The van der Waals surface area contributed by atoms with Crippen molar-refractivity contribution >= 4 is 39.2 Å². The van der Waals surface area contributed by atoms with Crippen LogP contribution in [0.4, 0.5) is 0 Å². The Morgan fingerprint density at radius 1 is 1.46 bits per heavy atom. The van der Waals surface area contributed by atoms with E-state index in [1.165, 1.54) is 23.1 Å². The topological polar surface area (TPSA) is 73.2 Å². The van der Waals surface area contributed by atoms with E-state index in [1.54, 1.807) is 11.7 Å². The summed E-state index contributed by atoms with van der Waals surface area (Å²) in [5.74, 6) is -0.0614. The van der Waals surface area contributed by atoms with Crippen molar-refractivity contribution in [3.8, 4) is 0 Å². The normalized spacial score (nSPS) is 12.5. The van der Waals surface area contributed by atoms with Gasteiger partial charge in [0.15, 0.2) is 5.16 Å². The van der Waals surface area contributed by atoms with Crippen LogP contribution in [0.1, 0.15) is 24.3 Å². The summed E-state index contributed by atoms with van der Waals surface area (Å²) in [6.45, 7) is 9.04. The molecule has 1 atom stereocenters. The van der Waals surface area contributed by atoms with Gasteiger partial charge in [-0.25, -0.2) is 4.98 Å². The van der Waals surface area contributed by atoms with Gasteiger partial charge in [0.1, 0.15) is 4.83 Å². The lowest BCUT2D eigenvalue weighted by molar-refractivity contribution is -0.120. The van der Waals surface area contributed by atoms with Crippen LogP contribution in [0.3, 0.4) is 0 Å². The highest BCUT2D eigenvalue weighted by atomic mass is 32.2. The molecule has 1 N–H and O–H groups in total. The smallest absolute Gasteiger partial charge is 0.263 e. The maximum atomic E-state index is 12.9. The first-order chi connectivity index (χ1) is 11.4. The van der Waals surface area contributed by atoms with Crippen molar-refractivity contribution in [1.29, 1.82) is 0 Å². The first-order valence-electron chi connectivity index (χ1n) is 7.84. The average molecular weight is 370 g/mol. The van der Waals surface area contributed by atoms with Crippen LogP contribution in [0.2, 0.25) is 0 Å². The van der Waals surface area contributed by atoms with E-state index < -0.39 is 0 Å². The van der Waals surface area contributed by atoms with Gasteiger partial charge in [-0.1, -0.05) is 11.8 Å². The zero-order valence-electron chi connectivity index (χ0n) is 14.6. The Morgan fingerprint density at radius 2 is 2.17 bits per heavy atom. The van der Waals surface area contributed by atoms with E-state index in [4.69, 9.17) is 4.74 Å². The fourth-order valence-corrected chi connectivity index (χ4v) is 4.34. The van der Waals surface area contributed by atoms with E-state index in [2.05, 4.69) is 10.3 Å². The Morgan fingerprint density at radius 3 is 2.79 bits per heavy atom. The van der Waals surface area contributed by atoms with Crippen LogP contribution in [-0.4, -0.2) is 41.0 Å². The van der Waals surface area contributed by atoms with E-state index in [1.807, 2.05) is 27.7 Å². The molecule has 0 fully saturated rings. The molecule has 2 aromatic heterocycles. The zero-order valence-corrected chi connectivity index (χ0v) is 16.3. The maximum Gasteiger partial charge on any atom is 0.263 e. The number of thiophene rings is 1. The molecule has 1 amide bonds. The third kappa shape index (κ3) is 3.81. The molecule has 0 spiro atoms. The molecule has 8 heteroatoms. The summed E-state index contributed by atoms with van der Waals surface area (Å²) in [5.41, 5.74) is 0.913.